The monoisotopic (exact) mass is 258 g/mol. The third kappa shape index (κ3) is 2.16. The molecule has 0 spiro atoms. The quantitative estimate of drug-likeness (QED) is 0.779. The molecule has 1 aromatic heterocycles. The second kappa shape index (κ2) is 4.97. The second-order valence-electron chi connectivity index (χ2n) is 5.63. The van der Waals surface area contributed by atoms with Crippen LogP contribution in [0.25, 0.3) is 0 Å². The van der Waals surface area contributed by atoms with Crippen molar-refractivity contribution in [2.45, 2.75) is 38.8 Å². The van der Waals surface area contributed by atoms with E-state index in [2.05, 4.69) is 42.1 Å². The molecule has 3 unspecified atom stereocenters. The van der Waals surface area contributed by atoms with Gasteiger partial charge in [-0.3, -0.25) is 4.90 Å². The van der Waals surface area contributed by atoms with Crippen molar-refractivity contribution in [2.75, 3.05) is 13.7 Å². The lowest BCUT2D eigenvalue weighted by atomic mass is 9.77. The molecule has 0 N–H and O–H groups in total. The van der Waals surface area contributed by atoms with E-state index in [0.717, 1.165) is 11.4 Å². The zero-order valence-corrected chi connectivity index (χ0v) is 12.0. The number of aromatic nitrogens is 1. The molecule has 0 aromatic carbocycles. The highest BCUT2D eigenvalue weighted by Crippen LogP contribution is 2.42. The van der Waals surface area contributed by atoms with Crippen molar-refractivity contribution in [1.82, 2.24) is 9.88 Å². The summed E-state index contributed by atoms with van der Waals surface area (Å²) in [6.45, 7) is 4.75. The van der Waals surface area contributed by atoms with Crippen LogP contribution in [-0.4, -0.2) is 29.6 Å². The molecule has 3 heterocycles. The summed E-state index contributed by atoms with van der Waals surface area (Å²) < 4.78 is 5.53. The van der Waals surface area contributed by atoms with Gasteiger partial charge in [-0.15, -0.1) is 0 Å². The van der Waals surface area contributed by atoms with Gasteiger partial charge in [-0.25, -0.2) is 4.98 Å². The summed E-state index contributed by atoms with van der Waals surface area (Å²) in [5.74, 6) is 1.40. The number of hydrogen-bond acceptors (Lipinski definition) is 3. The highest BCUT2D eigenvalue weighted by Gasteiger charge is 2.37. The molecule has 19 heavy (non-hydrogen) atoms. The van der Waals surface area contributed by atoms with Gasteiger partial charge in [-0.1, -0.05) is 12.2 Å². The third-order valence-electron chi connectivity index (χ3n) is 4.42. The van der Waals surface area contributed by atoms with Crippen LogP contribution in [0.15, 0.2) is 24.4 Å². The molecular weight excluding hydrogens is 236 g/mol. The topological polar surface area (TPSA) is 25.4 Å². The van der Waals surface area contributed by atoms with Crippen LogP contribution in [-0.2, 0) is 0 Å². The Balaban J connectivity index is 1.90. The fourth-order valence-electron chi connectivity index (χ4n) is 3.45. The summed E-state index contributed by atoms with van der Waals surface area (Å²) in [6, 6.07) is 3.32. The summed E-state index contributed by atoms with van der Waals surface area (Å²) in [5.41, 5.74) is 2.46. The maximum Gasteiger partial charge on any atom is 0.216 e. The molecule has 3 nitrogen and oxygen atoms in total. The maximum atomic E-state index is 5.53. The number of ether oxygens (including phenoxy) is 1. The van der Waals surface area contributed by atoms with Crippen molar-refractivity contribution >= 4 is 0 Å². The van der Waals surface area contributed by atoms with E-state index in [1.165, 1.54) is 18.4 Å². The van der Waals surface area contributed by atoms with Gasteiger partial charge in [0.2, 0.25) is 5.88 Å². The molecule has 2 aliphatic heterocycles. The Morgan fingerprint density at radius 3 is 2.79 bits per heavy atom. The van der Waals surface area contributed by atoms with Gasteiger partial charge in [0, 0.05) is 23.8 Å². The molecule has 4 rings (SSSR count). The fourth-order valence-corrected chi connectivity index (χ4v) is 3.45. The minimum absolute atomic E-state index is 0.477. The number of likely N-dealkylation sites (N-methyl/N-ethyl adjacent to an activating group) is 1. The van der Waals surface area contributed by atoms with Gasteiger partial charge in [-0.05, 0) is 51.3 Å². The first kappa shape index (κ1) is 12.7. The van der Waals surface area contributed by atoms with Crippen LogP contribution in [0.4, 0.5) is 0 Å². The molecule has 0 saturated carbocycles. The van der Waals surface area contributed by atoms with Gasteiger partial charge in [0.1, 0.15) is 0 Å². The number of fused-ring (bicyclic) bond motifs is 2. The lowest BCUT2D eigenvalue weighted by molar-refractivity contribution is 0.0922. The Kier molecular flexibility index (Phi) is 3.31. The molecule has 102 valence electrons. The highest BCUT2D eigenvalue weighted by molar-refractivity contribution is 5.32. The molecule has 0 radical (unpaired) electrons. The molecule has 3 heteroatoms. The Hall–Kier alpha value is -1.35. The SMILES string of the molecule is CCOc1ncc(C2C3C=CC(CC3)N2C)cc1C. The Morgan fingerprint density at radius 2 is 2.21 bits per heavy atom. The average molecular weight is 258 g/mol. The molecule has 1 aromatic rings. The summed E-state index contributed by atoms with van der Waals surface area (Å²) in [7, 11) is 2.23. The standard InChI is InChI=1S/C16H22N2O/c1-4-19-16-11(2)9-13(10-17-16)15-12-5-7-14(8-6-12)18(15)3/h5,7,9-10,12,14-15H,4,6,8H2,1-3H3. The van der Waals surface area contributed by atoms with Gasteiger partial charge in [0.25, 0.3) is 0 Å². The van der Waals surface area contributed by atoms with Gasteiger partial charge in [0.15, 0.2) is 0 Å². The highest BCUT2D eigenvalue weighted by atomic mass is 16.5. The van der Waals surface area contributed by atoms with Crippen molar-refractivity contribution in [3.63, 3.8) is 0 Å². The number of aryl methyl sites for hydroxylation is 1. The largest absolute Gasteiger partial charge is 0.478 e. The van der Waals surface area contributed by atoms with E-state index in [9.17, 15) is 0 Å². The van der Waals surface area contributed by atoms with E-state index in [-0.39, 0.29) is 0 Å². The summed E-state index contributed by atoms with van der Waals surface area (Å²) >= 11 is 0. The molecule has 1 aliphatic carbocycles. The van der Waals surface area contributed by atoms with Crippen LogP contribution in [0.1, 0.15) is 36.9 Å². The number of hydrogen-bond donors (Lipinski definition) is 0. The first-order valence-corrected chi connectivity index (χ1v) is 7.20. The van der Waals surface area contributed by atoms with Crippen molar-refractivity contribution < 1.29 is 4.74 Å². The Morgan fingerprint density at radius 1 is 1.37 bits per heavy atom. The number of piperidine rings is 1. The van der Waals surface area contributed by atoms with Crippen LogP contribution in [0, 0.1) is 12.8 Å². The number of pyridine rings is 1. The minimum atomic E-state index is 0.477. The van der Waals surface area contributed by atoms with Crippen molar-refractivity contribution in [2.24, 2.45) is 5.92 Å². The smallest absolute Gasteiger partial charge is 0.216 e. The first-order valence-electron chi connectivity index (χ1n) is 7.20. The van der Waals surface area contributed by atoms with E-state index in [0.29, 0.717) is 24.6 Å². The maximum absolute atomic E-state index is 5.53. The Labute approximate surface area is 115 Å². The minimum Gasteiger partial charge on any atom is -0.478 e. The molecule has 1 fully saturated rings. The van der Waals surface area contributed by atoms with Gasteiger partial charge in [0.05, 0.1) is 6.61 Å². The van der Waals surface area contributed by atoms with E-state index < -0.39 is 0 Å². The molecule has 3 aliphatic rings. The lowest BCUT2D eigenvalue weighted by Gasteiger charge is -2.46. The van der Waals surface area contributed by atoms with Gasteiger partial charge < -0.3 is 4.74 Å². The second-order valence-corrected chi connectivity index (χ2v) is 5.63. The van der Waals surface area contributed by atoms with E-state index in [1.807, 2.05) is 13.1 Å². The first-order chi connectivity index (χ1) is 9.20. The van der Waals surface area contributed by atoms with Crippen LogP contribution in [0.2, 0.25) is 0 Å². The zero-order valence-electron chi connectivity index (χ0n) is 12.0. The summed E-state index contributed by atoms with van der Waals surface area (Å²) in [5, 5.41) is 0. The van der Waals surface area contributed by atoms with Crippen LogP contribution in [0.3, 0.4) is 0 Å². The molecule has 2 bridgehead atoms. The normalized spacial score (nSPS) is 29.7. The predicted molar refractivity (Wildman–Crippen MR) is 76.3 cm³/mol. The average Bonchev–Trinajstić information content (AvgIpc) is 2.43. The van der Waals surface area contributed by atoms with E-state index >= 15 is 0 Å². The molecule has 0 amide bonds. The van der Waals surface area contributed by atoms with Crippen molar-refractivity contribution in [3.8, 4) is 5.88 Å². The molecule has 1 saturated heterocycles. The summed E-state index contributed by atoms with van der Waals surface area (Å²) in [4.78, 5) is 6.98. The van der Waals surface area contributed by atoms with Crippen molar-refractivity contribution in [3.05, 3.63) is 35.5 Å². The fraction of sp³-hybridized carbons (Fsp3) is 0.562. The molecular formula is C16H22N2O. The predicted octanol–water partition coefficient (Wildman–Crippen LogP) is 3.11. The Bertz CT molecular complexity index is 498. The van der Waals surface area contributed by atoms with Crippen molar-refractivity contribution in [1.29, 1.82) is 0 Å². The number of nitrogens with zero attached hydrogens (tertiary/aromatic N) is 2. The lowest BCUT2D eigenvalue weighted by Crippen LogP contribution is -2.45. The van der Waals surface area contributed by atoms with Crippen LogP contribution >= 0.6 is 0 Å². The van der Waals surface area contributed by atoms with Gasteiger partial charge >= 0.3 is 0 Å². The van der Waals surface area contributed by atoms with Gasteiger partial charge in [-0.2, -0.15) is 0 Å². The van der Waals surface area contributed by atoms with Crippen LogP contribution < -0.4 is 4.74 Å². The third-order valence-corrected chi connectivity index (χ3v) is 4.42. The van der Waals surface area contributed by atoms with E-state index in [1.54, 1.807) is 0 Å². The van der Waals surface area contributed by atoms with Crippen LogP contribution in [0.5, 0.6) is 5.88 Å². The van der Waals surface area contributed by atoms with E-state index in [4.69, 9.17) is 4.74 Å². The number of rotatable bonds is 3. The zero-order chi connectivity index (χ0) is 13.4. The summed E-state index contributed by atoms with van der Waals surface area (Å²) in [6.07, 6.45) is 9.33. The molecule has 3 atom stereocenters.